The first-order valence-corrected chi connectivity index (χ1v) is 23.3. The Morgan fingerprint density at radius 3 is 2.07 bits per heavy atom. The largest absolute Gasteiger partial charge is 0.508 e. The van der Waals surface area contributed by atoms with E-state index in [9.17, 15) is 57.8 Å². The fraction of sp³-hybridized carbons (Fsp3) is 0.622. The molecule has 0 bridgehead atoms. The maximum Gasteiger partial charge on any atom is 0.245 e. The molecule has 0 spiro atoms. The molecule has 0 aliphatic carbocycles. The Labute approximate surface area is 400 Å². The molecular formula is C45H70N12O12. The van der Waals surface area contributed by atoms with Gasteiger partial charge in [0, 0.05) is 31.8 Å². The quantitative estimate of drug-likeness (QED) is 0.0679. The Hall–Kier alpha value is -6.85. The second-order valence-electron chi connectivity index (χ2n) is 17.9. The van der Waals surface area contributed by atoms with Gasteiger partial charge in [-0.05, 0) is 74.6 Å². The van der Waals surface area contributed by atoms with E-state index < -0.39 is 139 Å². The number of hydrogen-bond acceptors (Lipinski definition) is 13. The van der Waals surface area contributed by atoms with Crippen molar-refractivity contribution in [2.75, 3.05) is 26.2 Å². The van der Waals surface area contributed by atoms with Crippen molar-refractivity contribution >= 4 is 65.0 Å². The Bertz CT molecular complexity index is 2020. The average molecular weight is 971 g/mol. The van der Waals surface area contributed by atoms with Gasteiger partial charge in [0.15, 0.2) is 0 Å². The molecule has 2 heterocycles. The number of primary amides is 2. The standard InChI is InChI=1S/C45H70N12O12/c1-5-25(4)39-44(68)53-29(9-6-16-46)41(65)55-33(21-34(47)59)42(66)54-30(14-15-36(61)49-23-38(63)52-32(43(67)56-39)19-26-10-12-28(58)13-11-26)45(69)57-17-7-8-27(57)20-37(62)51-31(18-24(2)3)40(64)50-22-35(48)60/h10-13,24-25,27,29-33,39,58H,5-9,14-23,46H2,1-4H3,(H2,47,59)(H2,48,60)(H,49,61)(H,50,64)(H,51,62)(H,52,63)(H,53,68)(H,54,66)(H,55,65)(H,56,67)/t25-,27-,29-,30-,31-,32-,33-,39-/m0/s1. The van der Waals surface area contributed by atoms with Gasteiger partial charge in [-0.15, -0.1) is 0 Å². The Kier molecular flexibility index (Phi) is 22.8. The first-order valence-electron chi connectivity index (χ1n) is 23.3. The first-order chi connectivity index (χ1) is 32.6. The topological polar surface area (TPSA) is 386 Å². The van der Waals surface area contributed by atoms with Crippen LogP contribution in [0, 0.1) is 11.8 Å². The van der Waals surface area contributed by atoms with Crippen molar-refractivity contribution in [3.8, 4) is 5.75 Å². The third-order valence-electron chi connectivity index (χ3n) is 11.8. The number of rotatable bonds is 18. The zero-order valence-corrected chi connectivity index (χ0v) is 39.7. The first kappa shape index (κ1) is 56.5. The molecule has 3 rings (SSSR count). The van der Waals surface area contributed by atoms with Crippen LogP contribution in [0.1, 0.15) is 97.5 Å². The number of aromatic hydroxyl groups is 1. The van der Waals surface area contributed by atoms with Gasteiger partial charge in [-0.2, -0.15) is 0 Å². The lowest BCUT2D eigenvalue weighted by molar-refractivity contribution is -0.140. The molecule has 24 heteroatoms. The van der Waals surface area contributed by atoms with Crippen LogP contribution >= 0.6 is 0 Å². The van der Waals surface area contributed by atoms with Crippen molar-refractivity contribution in [1.82, 2.24) is 47.4 Å². The molecule has 24 nitrogen and oxygen atoms in total. The van der Waals surface area contributed by atoms with E-state index >= 15 is 0 Å². The monoisotopic (exact) mass is 971 g/mol. The molecule has 2 aliphatic heterocycles. The maximum atomic E-state index is 14.4. The lowest BCUT2D eigenvalue weighted by Crippen LogP contribution is -2.61. The number of nitrogens with zero attached hydrogens (tertiary/aromatic N) is 1. The van der Waals surface area contributed by atoms with E-state index in [4.69, 9.17) is 17.2 Å². The van der Waals surface area contributed by atoms with E-state index in [0.29, 0.717) is 24.8 Å². The summed E-state index contributed by atoms with van der Waals surface area (Å²) in [7, 11) is 0. The molecule has 1 aromatic carbocycles. The molecule has 2 fully saturated rings. The average Bonchev–Trinajstić information content (AvgIpc) is 3.75. The van der Waals surface area contributed by atoms with Crippen LogP contribution in [0.5, 0.6) is 5.75 Å². The van der Waals surface area contributed by atoms with Crippen LogP contribution in [0.3, 0.4) is 0 Å². The minimum Gasteiger partial charge on any atom is -0.508 e. The summed E-state index contributed by atoms with van der Waals surface area (Å²) in [6.45, 7) is 6.27. The van der Waals surface area contributed by atoms with E-state index in [2.05, 4.69) is 42.5 Å². The van der Waals surface area contributed by atoms with Crippen molar-refractivity contribution < 1.29 is 57.8 Å². The van der Waals surface area contributed by atoms with Crippen LogP contribution in [-0.2, 0) is 59.2 Å². The number of phenolic OH excluding ortho intramolecular Hbond substituents is 1. The summed E-state index contributed by atoms with van der Waals surface area (Å²) >= 11 is 0. The van der Waals surface area contributed by atoms with Crippen molar-refractivity contribution in [2.45, 2.75) is 141 Å². The number of phenols is 1. The summed E-state index contributed by atoms with van der Waals surface area (Å²) in [6, 6.07) is -3.04. The van der Waals surface area contributed by atoms with Gasteiger partial charge in [0.25, 0.3) is 0 Å². The minimum atomic E-state index is -1.70. The van der Waals surface area contributed by atoms with E-state index in [1.54, 1.807) is 13.8 Å². The SMILES string of the molecule is CC[C@H](C)[C@@H]1NC(=O)[C@H](Cc2ccc(O)cc2)NC(=O)CNC(=O)CC[C@@H](C(=O)N2CCC[C@H]2CC(=O)N[C@@H](CC(C)C)C(=O)NCC(N)=O)NC(=O)[C@H](CC(N)=O)NC(=O)[C@H](CCCN)NC1=O. The Morgan fingerprint density at radius 1 is 0.797 bits per heavy atom. The summed E-state index contributed by atoms with van der Waals surface area (Å²) in [5, 5.41) is 30.3. The third-order valence-corrected chi connectivity index (χ3v) is 11.8. The number of carbonyl (C=O) groups excluding carboxylic acids is 11. The highest BCUT2D eigenvalue weighted by atomic mass is 16.3. The van der Waals surface area contributed by atoms with Gasteiger partial charge in [0.1, 0.15) is 42.0 Å². The van der Waals surface area contributed by atoms with Gasteiger partial charge in [-0.25, -0.2) is 0 Å². The molecule has 0 unspecified atom stereocenters. The van der Waals surface area contributed by atoms with Crippen molar-refractivity contribution in [3.63, 3.8) is 0 Å². The summed E-state index contributed by atoms with van der Waals surface area (Å²) in [6.07, 6.45) is -0.398. The van der Waals surface area contributed by atoms with Gasteiger partial charge in [-0.3, -0.25) is 52.7 Å². The highest BCUT2D eigenvalue weighted by Crippen LogP contribution is 2.23. The Morgan fingerprint density at radius 2 is 1.45 bits per heavy atom. The lowest BCUT2D eigenvalue weighted by atomic mass is 9.96. The van der Waals surface area contributed by atoms with Crippen molar-refractivity contribution in [3.05, 3.63) is 29.8 Å². The summed E-state index contributed by atoms with van der Waals surface area (Å²) in [4.78, 5) is 149. The third kappa shape index (κ3) is 19.0. The van der Waals surface area contributed by atoms with Crippen LogP contribution in [-0.4, -0.2) is 143 Å². The number of nitrogens with two attached hydrogens (primary N) is 3. The molecule has 2 saturated heterocycles. The normalized spacial score (nSPS) is 23.2. The van der Waals surface area contributed by atoms with Crippen molar-refractivity contribution in [1.29, 1.82) is 0 Å². The predicted molar refractivity (Wildman–Crippen MR) is 248 cm³/mol. The van der Waals surface area contributed by atoms with Gasteiger partial charge in [-0.1, -0.05) is 46.2 Å². The molecule has 0 saturated carbocycles. The fourth-order valence-electron chi connectivity index (χ4n) is 7.89. The lowest BCUT2D eigenvalue weighted by Gasteiger charge is -2.31. The number of nitrogens with one attached hydrogen (secondary N) is 8. The van der Waals surface area contributed by atoms with E-state index in [1.165, 1.54) is 29.2 Å². The van der Waals surface area contributed by atoms with E-state index in [0.717, 1.165) is 0 Å². The molecule has 382 valence electrons. The van der Waals surface area contributed by atoms with E-state index in [1.807, 2.05) is 13.8 Å². The number of hydrogen-bond donors (Lipinski definition) is 12. The number of likely N-dealkylation sites (tertiary alicyclic amines) is 1. The number of benzene rings is 1. The van der Waals surface area contributed by atoms with Crippen LogP contribution < -0.4 is 59.7 Å². The van der Waals surface area contributed by atoms with Gasteiger partial charge in [0.2, 0.25) is 65.0 Å². The molecule has 8 atom stereocenters. The highest BCUT2D eigenvalue weighted by molar-refractivity contribution is 5.98. The molecule has 0 aromatic heterocycles. The summed E-state index contributed by atoms with van der Waals surface area (Å²) < 4.78 is 0. The summed E-state index contributed by atoms with van der Waals surface area (Å²) in [5.41, 5.74) is 17.0. The second kappa shape index (κ2) is 27.8. The van der Waals surface area contributed by atoms with Crippen LogP contribution in [0.4, 0.5) is 0 Å². The highest BCUT2D eigenvalue weighted by Gasteiger charge is 2.39. The van der Waals surface area contributed by atoms with Gasteiger partial charge < -0.3 is 69.7 Å². The van der Waals surface area contributed by atoms with Gasteiger partial charge >= 0.3 is 0 Å². The molecule has 11 amide bonds. The van der Waals surface area contributed by atoms with Crippen LogP contribution in [0.15, 0.2) is 24.3 Å². The van der Waals surface area contributed by atoms with E-state index in [-0.39, 0.29) is 63.3 Å². The second-order valence-corrected chi connectivity index (χ2v) is 17.9. The number of amides is 11. The summed E-state index contributed by atoms with van der Waals surface area (Å²) in [5.74, 6) is -9.42. The molecular weight excluding hydrogens is 901 g/mol. The smallest absolute Gasteiger partial charge is 0.245 e. The molecule has 15 N–H and O–H groups in total. The Balaban J connectivity index is 2.00. The molecule has 1 aromatic rings. The maximum absolute atomic E-state index is 14.4. The zero-order valence-electron chi connectivity index (χ0n) is 39.7. The predicted octanol–water partition coefficient (Wildman–Crippen LogP) is -3.56. The zero-order chi connectivity index (χ0) is 51.4. The molecule has 0 radical (unpaired) electrons. The molecule has 2 aliphatic rings. The minimum absolute atomic E-state index is 0.0432. The van der Waals surface area contributed by atoms with Crippen LogP contribution in [0.2, 0.25) is 0 Å². The van der Waals surface area contributed by atoms with Crippen molar-refractivity contribution in [2.24, 2.45) is 29.0 Å². The fourth-order valence-corrected chi connectivity index (χ4v) is 7.89. The van der Waals surface area contributed by atoms with Gasteiger partial charge in [0.05, 0.1) is 19.5 Å². The molecule has 69 heavy (non-hydrogen) atoms. The number of carbonyl (C=O) groups is 11. The van der Waals surface area contributed by atoms with Crippen LogP contribution in [0.25, 0.3) is 0 Å².